The van der Waals surface area contributed by atoms with E-state index >= 15 is 0 Å². The quantitative estimate of drug-likeness (QED) is 0.652. The van der Waals surface area contributed by atoms with Crippen molar-refractivity contribution in [3.05, 3.63) is 52.7 Å². The molecule has 1 aliphatic carbocycles. The van der Waals surface area contributed by atoms with Gasteiger partial charge in [0.1, 0.15) is 11.2 Å². The maximum absolute atomic E-state index is 13.6. The van der Waals surface area contributed by atoms with E-state index in [9.17, 15) is 18.4 Å². The number of pyridine rings is 1. The summed E-state index contributed by atoms with van der Waals surface area (Å²) in [5.74, 6) is -2.51. The monoisotopic (exact) mass is 439 g/mol. The first kappa shape index (κ1) is 20.5. The van der Waals surface area contributed by atoms with E-state index in [2.05, 4.69) is 20.6 Å². The largest absolute Gasteiger partial charge is 0.365 e. The van der Waals surface area contributed by atoms with Gasteiger partial charge in [0.05, 0.1) is 17.3 Å². The van der Waals surface area contributed by atoms with Gasteiger partial charge in [-0.2, -0.15) is 0 Å². The SMILES string of the molecule is Cn1cnc2c(-c3ccc(C(C)(F)F)cc3)cnc(NC3CCNC(=O)C34CC4)c2c1=O. The lowest BCUT2D eigenvalue weighted by Gasteiger charge is -2.32. The number of amides is 1. The maximum Gasteiger partial charge on any atom is 0.270 e. The first-order valence-corrected chi connectivity index (χ1v) is 10.6. The number of piperidine rings is 1. The van der Waals surface area contributed by atoms with Crippen molar-refractivity contribution in [3.8, 4) is 11.1 Å². The van der Waals surface area contributed by atoms with Gasteiger partial charge in [-0.3, -0.25) is 9.59 Å². The highest BCUT2D eigenvalue weighted by Gasteiger charge is 2.57. The van der Waals surface area contributed by atoms with Crippen LogP contribution in [-0.4, -0.2) is 33.0 Å². The Morgan fingerprint density at radius 2 is 1.91 bits per heavy atom. The smallest absolute Gasteiger partial charge is 0.270 e. The van der Waals surface area contributed by atoms with Crippen LogP contribution < -0.4 is 16.2 Å². The average Bonchev–Trinajstić information content (AvgIpc) is 3.55. The minimum Gasteiger partial charge on any atom is -0.365 e. The lowest BCUT2D eigenvalue weighted by atomic mass is 9.89. The van der Waals surface area contributed by atoms with Crippen molar-refractivity contribution < 1.29 is 13.6 Å². The highest BCUT2D eigenvalue weighted by atomic mass is 19.3. The number of carbonyl (C=O) groups excluding carboxylic acids is 1. The molecule has 9 heteroatoms. The molecule has 1 aromatic carbocycles. The minimum absolute atomic E-state index is 0.0426. The first-order valence-electron chi connectivity index (χ1n) is 10.6. The number of hydrogen-bond acceptors (Lipinski definition) is 5. The summed E-state index contributed by atoms with van der Waals surface area (Å²) in [6.07, 6.45) is 5.37. The van der Waals surface area contributed by atoms with Crippen molar-refractivity contribution >= 4 is 22.6 Å². The summed E-state index contributed by atoms with van der Waals surface area (Å²) >= 11 is 0. The van der Waals surface area contributed by atoms with E-state index < -0.39 is 11.3 Å². The number of carbonyl (C=O) groups is 1. The van der Waals surface area contributed by atoms with Crippen LogP contribution in [0.15, 0.2) is 41.6 Å². The van der Waals surface area contributed by atoms with Crippen molar-refractivity contribution in [2.24, 2.45) is 12.5 Å². The number of hydrogen-bond donors (Lipinski definition) is 2. The predicted molar refractivity (Wildman–Crippen MR) is 116 cm³/mol. The molecule has 3 aromatic rings. The zero-order chi connectivity index (χ0) is 22.7. The fourth-order valence-corrected chi connectivity index (χ4v) is 4.50. The van der Waals surface area contributed by atoms with E-state index in [0.717, 1.165) is 26.2 Å². The first-order chi connectivity index (χ1) is 15.2. The molecule has 0 bridgehead atoms. The Bertz CT molecular complexity index is 1280. The molecule has 3 heterocycles. The Labute approximate surface area is 182 Å². The van der Waals surface area contributed by atoms with E-state index in [1.807, 2.05) is 0 Å². The van der Waals surface area contributed by atoms with Gasteiger partial charge in [0, 0.05) is 43.9 Å². The number of alkyl halides is 2. The number of anilines is 1. The van der Waals surface area contributed by atoms with Gasteiger partial charge in [-0.25, -0.2) is 18.7 Å². The number of benzene rings is 1. The third-order valence-electron chi connectivity index (χ3n) is 6.59. The van der Waals surface area contributed by atoms with E-state index in [4.69, 9.17) is 0 Å². The summed E-state index contributed by atoms with van der Waals surface area (Å²) in [7, 11) is 1.61. The lowest BCUT2D eigenvalue weighted by Crippen LogP contribution is -2.50. The van der Waals surface area contributed by atoms with Crippen molar-refractivity contribution in [2.45, 2.75) is 38.2 Å². The molecule has 1 aliphatic heterocycles. The predicted octanol–water partition coefficient (Wildman–Crippen LogP) is 3.19. The van der Waals surface area contributed by atoms with Crippen molar-refractivity contribution in [2.75, 3.05) is 11.9 Å². The van der Waals surface area contributed by atoms with Crippen LogP contribution >= 0.6 is 0 Å². The van der Waals surface area contributed by atoms with Gasteiger partial charge >= 0.3 is 0 Å². The molecule has 1 atom stereocenters. The topological polar surface area (TPSA) is 88.9 Å². The summed E-state index contributed by atoms with van der Waals surface area (Å²) in [5, 5.41) is 6.60. The van der Waals surface area contributed by atoms with E-state index in [0.29, 0.717) is 34.4 Å². The van der Waals surface area contributed by atoms with Crippen molar-refractivity contribution in [1.82, 2.24) is 19.9 Å². The molecule has 1 saturated heterocycles. The van der Waals surface area contributed by atoms with Crippen molar-refractivity contribution in [1.29, 1.82) is 0 Å². The number of rotatable bonds is 4. The van der Waals surface area contributed by atoms with E-state index in [1.165, 1.54) is 23.0 Å². The second-order valence-electron chi connectivity index (χ2n) is 8.77. The number of nitrogens with zero attached hydrogens (tertiary/aromatic N) is 3. The molecule has 1 saturated carbocycles. The normalized spacial score (nSPS) is 19.8. The van der Waals surface area contributed by atoms with Crippen LogP contribution in [0.2, 0.25) is 0 Å². The van der Waals surface area contributed by atoms with Gasteiger partial charge < -0.3 is 15.2 Å². The van der Waals surface area contributed by atoms with Crippen LogP contribution in [0.4, 0.5) is 14.6 Å². The van der Waals surface area contributed by atoms with E-state index in [1.54, 1.807) is 25.4 Å². The third kappa shape index (κ3) is 3.23. The fraction of sp³-hybridized carbons (Fsp3) is 0.391. The molecule has 166 valence electrons. The maximum atomic E-state index is 13.6. The molecule has 1 amide bonds. The zero-order valence-corrected chi connectivity index (χ0v) is 17.8. The molecule has 2 aromatic heterocycles. The minimum atomic E-state index is -2.94. The Balaban J connectivity index is 1.60. The fourth-order valence-electron chi connectivity index (χ4n) is 4.50. The van der Waals surface area contributed by atoms with Crippen LogP contribution in [0.25, 0.3) is 22.0 Å². The Morgan fingerprint density at radius 1 is 1.19 bits per heavy atom. The molecule has 5 rings (SSSR count). The third-order valence-corrected chi connectivity index (χ3v) is 6.59. The summed E-state index contributed by atoms with van der Waals surface area (Å²) in [4.78, 5) is 34.5. The Hall–Kier alpha value is -3.36. The Morgan fingerprint density at radius 3 is 2.56 bits per heavy atom. The van der Waals surface area contributed by atoms with Crippen LogP contribution in [0.5, 0.6) is 0 Å². The number of halogens is 2. The molecule has 7 nitrogen and oxygen atoms in total. The molecule has 1 spiro atoms. The second kappa shape index (κ2) is 7.08. The van der Waals surface area contributed by atoms with Gasteiger partial charge in [-0.15, -0.1) is 0 Å². The average molecular weight is 439 g/mol. The second-order valence-corrected chi connectivity index (χ2v) is 8.77. The number of fused-ring (bicyclic) bond motifs is 1. The van der Waals surface area contributed by atoms with Gasteiger partial charge in [-0.05, 0) is 24.8 Å². The van der Waals surface area contributed by atoms with Crippen molar-refractivity contribution in [3.63, 3.8) is 0 Å². The molecule has 0 radical (unpaired) electrons. The summed E-state index contributed by atoms with van der Waals surface area (Å²) in [5.41, 5.74) is 0.848. The van der Waals surface area contributed by atoms with Crippen LogP contribution in [-0.2, 0) is 17.8 Å². The number of aryl methyl sites for hydroxylation is 1. The highest BCUT2D eigenvalue weighted by Crippen LogP contribution is 2.52. The van der Waals surface area contributed by atoms with Crippen LogP contribution in [0.3, 0.4) is 0 Å². The van der Waals surface area contributed by atoms with E-state index in [-0.39, 0.29) is 23.1 Å². The molecule has 2 fully saturated rings. The van der Waals surface area contributed by atoms with Gasteiger partial charge in [0.25, 0.3) is 11.5 Å². The summed E-state index contributed by atoms with van der Waals surface area (Å²) in [6, 6.07) is 5.78. The van der Waals surface area contributed by atoms with Crippen LogP contribution in [0, 0.1) is 5.41 Å². The number of nitrogens with one attached hydrogen (secondary N) is 2. The molecular weight excluding hydrogens is 416 g/mol. The summed E-state index contributed by atoms with van der Waals surface area (Å²) < 4.78 is 28.6. The molecule has 32 heavy (non-hydrogen) atoms. The van der Waals surface area contributed by atoms with Gasteiger partial charge in [0.15, 0.2) is 0 Å². The standard InChI is InChI=1S/C23H23F2N5O2/c1-22(24,25)14-5-3-13(4-6-14)15-11-27-19(17-18(15)28-12-30(2)20(17)31)29-16-7-10-26-21(32)23(16)8-9-23/h3-6,11-12,16H,7-10H2,1-2H3,(H,26,32)(H,27,29). The Kier molecular flexibility index (Phi) is 4.54. The highest BCUT2D eigenvalue weighted by molar-refractivity contribution is 5.99. The molecule has 2 aliphatic rings. The molecular formula is C23H23F2N5O2. The van der Waals surface area contributed by atoms with Crippen LogP contribution in [0.1, 0.15) is 31.7 Å². The lowest BCUT2D eigenvalue weighted by molar-refractivity contribution is -0.128. The van der Waals surface area contributed by atoms with Gasteiger partial charge in [0.2, 0.25) is 5.91 Å². The number of aromatic nitrogens is 3. The molecule has 2 N–H and O–H groups in total. The summed E-state index contributed by atoms with van der Waals surface area (Å²) in [6.45, 7) is 1.42. The molecule has 1 unspecified atom stereocenters. The zero-order valence-electron chi connectivity index (χ0n) is 17.8. The van der Waals surface area contributed by atoms with Gasteiger partial charge in [-0.1, -0.05) is 24.3 Å².